The molecule has 180 valence electrons. The first-order chi connectivity index (χ1) is 15.5. The second-order valence-corrected chi connectivity index (χ2v) is 8.07. The molecule has 0 spiro atoms. The number of hydrogen-bond acceptors (Lipinski definition) is 5. The van der Waals surface area contributed by atoms with Crippen LogP contribution in [0, 0.1) is 5.82 Å². The SMILES string of the molecule is CN=C(NCc1cccc(C(=O)NCCN(C)C)c1)NC1CCN(c2ncccc2F)C1.I. The number of carbonyl (C=O) groups is 1. The van der Waals surface area contributed by atoms with Crippen molar-refractivity contribution in [3.63, 3.8) is 0 Å². The van der Waals surface area contributed by atoms with Gasteiger partial charge in [-0.3, -0.25) is 9.79 Å². The Bertz CT molecular complexity index is 941. The van der Waals surface area contributed by atoms with E-state index in [1.165, 1.54) is 6.07 Å². The van der Waals surface area contributed by atoms with Gasteiger partial charge in [0.05, 0.1) is 0 Å². The smallest absolute Gasteiger partial charge is 0.251 e. The maximum atomic E-state index is 14.0. The molecule has 1 saturated heterocycles. The minimum absolute atomic E-state index is 0. The van der Waals surface area contributed by atoms with Gasteiger partial charge < -0.3 is 25.8 Å². The van der Waals surface area contributed by atoms with E-state index in [9.17, 15) is 9.18 Å². The molecule has 1 aromatic carbocycles. The summed E-state index contributed by atoms with van der Waals surface area (Å²) in [6.07, 6.45) is 2.47. The Kier molecular flexibility index (Phi) is 10.8. The summed E-state index contributed by atoms with van der Waals surface area (Å²) in [5.74, 6) is 0.671. The van der Waals surface area contributed by atoms with E-state index >= 15 is 0 Å². The first-order valence-corrected chi connectivity index (χ1v) is 10.8. The van der Waals surface area contributed by atoms with Crippen LogP contribution in [0.4, 0.5) is 10.2 Å². The number of hydrogen-bond donors (Lipinski definition) is 3. The summed E-state index contributed by atoms with van der Waals surface area (Å²) in [5.41, 5.74) is 1.62. The van der Waals surface area contributed by atoms with Gasteiger partial charge in [-0.1, -0.05) is 12.1 Å². The summed E-state index contributed by atoms with van der Waals surface area (Å²) in [6, 6.07) is 10.7. The van der Waals surface area contributed by atoms with E-state index in [0.717, 1.165) is 25.1 Å². The van der Waals surface area contributed by atoms with Gasteiger partial charge in [0.15, 0.2) is 17.6 Å². The number of amides is 1. The van der Waals surface area contributed by atoms with Gasteiger partial charge in [-0.05, 0) is 50.3 Å². The third-order valence-electron chi connectivity index (χ3n) is 5.28. The standard InChI is InChI=1S/C23H32FN7O.HI/c1-25-23(29-19-9-12-31(16-19)21-20(24)8-5-10-26-21)28-15-17-6-4-7-18(14-17)22(32)27-11-13-30(2)3;/h4-8,10,14,19H,9,11-13,15-16H2,1-3H3,(H,27,32)(H2,25,28,29);1H. The fourth-order valence-electron chi connectivity index (χ4n) is 3.57. The van der Waals surface area contributed by atoms with E-state index < -0.39 is 0 Å². The highest BCUT2D eigenvalue weighted by molar-refractivity contribution is 14.0. The van der Waals surface area contributed by atoms with E-state index in [1.54, 1.807) is 19.3 Å². The van der Waals surface area contributed by atoms with Gasteiger partial charge >= 0.3 is 0 Å². The number of aliphatic imine (C=N–C) groups is 1. The lowest BCUT2D eigenvalue weighted by atomic mass is 10.1. The molecule has 0 aliphatic carbocycles. The van der Waals surface area contributed by atoms with Crippen LogP contribution in [0.5, 0.6) is 0 Å². The normalized spacial score (nSPS) is 15.8. The van der Waals surface area contributed by atoms with Crippen molar-refractivity contribution in [3.8, 4) is 0 Å². The first kappa shape index (κ1) is 26.8. The Balaban J connectivity index is 0.00000385. The number of pyridine rings is 1. The second-order valence-electron chi connectivity index (χ2n) is 8.07. The quantitative estimate of drug-likeness (QED) is 0.257. The maximum Gasteiger partial charge on any atom is 0.251 e. The number of benzene rings is 1. The van der Waals surface area contributed by atoms with E-state index in [2.05, 4.69) is 25.9 Å². The zero-order valence-electron chi connectivity index (χ0n) is 19.3. The van der Waals surface area contributed by atoms with Crippen LogP contribution in [-0.2, 0) is 6.54 Å². The molecule has 1 aromatic heterocycles. The first-order valence-electron chi connectivity index (χ1n) is 10.8. The number of anilines is 1. The maximum absolute atomic E-state index is 14.0. The molecule has 1 aliphatic rings. The van der Waals surface area contributed by atoms with Crippen LogP contribution in [0.3, 0.4) is 0 Å². The van der Waals surface area contributed by atoms with Gasteiger partial charge in [0.2, 0.25) is 0 Å². The molecule has 8 nitrogen and oxygen atoms in total. The lowest BCUT2D eigenvalue weighted by Crippen LogP contribution is -2.44. The fourth-order valence-corrected chi connectivity index (χ4v) is 3.57. The van der Waals surface area contributed by atoms with Crippen molar-refractivity contribution in [1.29, 1.82) is 0 Å². The van der Waals surface area contributed by atoms with E-state index in [1.807, 2.05) is 48.2 Å². The number of aromatic nitrogens is 1. The molecule has 2 aromatic rings. The highest BCUT2D eigenvalue weighted by Gasteiger charge is 2.25. The van der Waals surface area contributed by atoms with Crippen LogP contribution < -0.4 is 20.9 Å². The number of rotatable bonds is 8. The summed E-state index contributed by atoms with van der Waals surface area (Å²) in [4.78, 5) is 24.8. The summed E-state index contributed by atoms with van der Waals surface area (Å²) in [6.45, 7) is 3.31. The molecule has 1 unspecified atom stereocenters. The molecular weight excluding hydrogens is 536 g/mol. The molecule has 10 heteroatoms. The molecule has 0 saturated carbocycles. The Morgan fingerprint density at radius 3 is 2.82 bits per heavy atom. The topological polar surface area (TPSA) is 84.9 Å². The van der Waals surface area contributed by atoms with Crippen molar-refractivity contribution in [2.75, 3.05) is 52.2 Å². The van der Waals surface area contributed by atoms with Crippen molar-refractivity contribution < 1.29 is 9.18 Å². The van der Waals surface area contributed by atoms with Gasteiger partial charge in [-0.25, -0.2) is 9.37 Å². The third-order valence-corrected chi connectivity index (χ3v) is 5.28. The number of likely N-dealkylation sites (N-methyl/N-ethyl adjacent to an activating group) is 1. The predicted molar refractivity (Wildman–Crippen MR) is 141 cm³/mol. The molecule has 2 heterocycles. The lowest BCUT2D eigenvalue weighted by Gasteiger charge is -2.20. The van der Waals surface area contributed by atoms with Crippen LogP contribution >= 0.6 is 24.0 Å². The summed E-state index contributed by atoms with van der Waals surface area (Å²) in [7, 11) is 5.66. The van der Waals surface area contributed by atoms with Gasteiger partial charge in [0.1, 0.15) is 0 Å². The molecular formula is C23H33FIN7O. The minimum atomic E-state index is -0.304. The van der Waals surface area contributed by atoms with Crippen molar-refractivity contribution in [2.24, 2.45) is 4.99 Å². The molecule has 1 aliphatic heterocycles. The molecule has 33 heavy (non-hydrogen) atoms. The van der Waals surface area contributed by atoms with Crippen molar-refractivity contribution in [2.45, 2.75) is 19.0 Å². The molecule has 3 rings (SSSR count). The van der Waals surface area contributed by atoms with Crippen LogP contribution in [0.15, 0.2) is 47.6 Å². The summed E-state index contributed by atoms with van der Waals surface area (Å²) < 4.78 is 14.0. The fraction of sp³-hybridized carbons (Fsp3) is 0.435. The number of carbonyl (C=O) groups excluding carboxylic acids is 1. The molecule has 0 bridgehead atoms. The van der Waals surface area contributed by atoms with Crippen LogP contribution in [0.25, 0.3) is 0 Å². The van der Waals surface area contributed by atoms with Crippen molar-refractivity contribution >= 4 is 41.7 Å². The zero-order valence-corrected chi connectivity index (χ0v) is 21.7. The lowest BCUT2D eigenvalue weighted by molar-refractivity contribution is 0.0951. The number of guanidine groups is 1. The minimum Gasteiger partial charge on any atom is -0.352 e. The predicted octanol–water partition coefficient (Wildman–Crippen LogP) is 2.07. The Hall–Kier alpha value is -2.47. The molecule has 1 amide bonds. The Labute approximate surface area is 212 Å². The van der Waals surface area contributed by atoms with Gasteiger partial charge in [-0.2, -0.15) is 0 Å². The number of halogens is 2. The average molecular weight is 569 g/mol. The second kappa shape index (κ2) is 13.3. The monoisotopic (exact) mass is 569 g/mol. The number of nitrogens with one attached hydrogen (secondary N) is 3. The Morgan fingerprint density at radius 2 is 2.09 bits per heavy atom. The largest absolute Gasteiger partial charge is 0.352 e. The van der Waals surface area contributed by atoms with Crippen molar-refractivity contribution in [3.05, 3.63) is 59.5 Å². The summed E-state index contributed by atoms with van der Waals surface area (Å²) >= 11 is 0. The molecule has 1 fully saturated rings. The Morgan fingerprint density at radius 1 is 1.27 bits per heavy atom. The van der Waals surface area contributed by atoms with Crippen molar-refractivity contribution in [1.82, 2.24) is 25.8 Å². The van der Waals surface area contributed by atoms with E-state index in [-0.39, 0.29) is 41.7 Å². The van der Waals surface area contributed by atoms with Gasteiger partial charge in [-0.15, -0.1) is 24.0 Å². The highest BCUT2D eigenvalue weighted by Crippen LogP contribution is 2.20. The zero-order chi connectivity index (χ0) is 22.9. The highest BCUT2D eigenvalue weighted by atomic mass is 127. The molecule has 3 N–H and O–H groups in total. The average Bonchev–Trinajstić information content (AvgIpc) is 3.25. The summed E-state index contributed by atoms with van der Waals surface area (Å²) in [5, 5.41) is 9.62. The van der Waals surface area contributed by atoms with Crippen LogP contribution in [0.1, 0.15) is 22.3 Å². The molecule has 0 radical (unpaired) electrons. The van der Waals surface area contributed by atoms with Crippen LogP contribution in [-0.4, -0.2) is 75.1 Å². The molecule has 1 atom stereocenters. The van der Waals surface area contributed by atoms with E-state index in [4.69, 9.17) is 0 Å². The van der Waals surface area contributed by atoms with E-state index in [0.29, 0.717) is 37.0 Å². The van der Waals surface area contributed by atoms with Gasteiger partial charge in [0, 0.05) is 57.6 Å². The number of nitrogens with zero attached hydrogens (tertiary/aromatic N) is 4. The van der Waals surface area contributed by atoms with Gasteiger partial charge in [0.25, 0.3) is 5.91 Å². The van der Waals surface area contributed by atoms with Crippen LogP contribution in [0.2, 0.25) is 0 Å². The third kappa shape index (κ3) is 8.11.